The topological polar surface area (TPSA) is 75.4 Å². The zero-order chi connectivity index (χ0) is 21.5. The van der Waals surface area contributed by atoms with Crippen LogP contribution in [0, 0.1) is 11.8 Å². The summed E-state index contributed by atoms with van der Waals surface area (Å²) >= 11 is 11.5. The molecule has 1 aliphatic carbocycles. The van der Waals surface area contributed by atoms with E-state index in [1.807, 2.05) is 59.5 Å². The van der Waals surface area contributed by atoms with Crippen LogP contribution in [0.2, 0.25) is 10.0 Å². The summed E-state index contributed by atoms with van der Waals surface area (Å²) in [6, 6.07) is 17.2. The highest BCUT2D eigenvalue weighted by atomic mass is 35.5. The monoisotopic (exact) mass is 447 g/mol. The van der Waals surface area contributed by atoms with Gasteiger partial charge >= 0.3 is 0 Å². The van der Waals surface area contributed by atoms with Gasteiger partial charge in [-0.05, 0) is 61.4 Å². The van der Waals surface area contributed by atoms with Crippen LogP contribution in [0.5, 0.6) is 0 Å². The lowest BCUT2D eigenvalue weighted by Gasteiger charge is -2.39. The van der Waals surface area contributed by atoms with Crippen molar-refractivity contribution < 1.29 is 9.59 Å². The molecule has 0 bridgehead atoms. The first kappa shape index (κ1) is 22.6. The summed E-state index contributed by atoms with van der Waals surface area (Å²) in [5.74, 6) is 5.30. The van der Waals surface area contributed by atoms with Crippen molar-refractivity contribution in [2.75, 3.05) is 6.54 Å². The van der Waals surface area contributed by atoms with Crippen LogP contribution in [0.25, 0.3) is 0 Å². The van der Waals surface area contributed by atoms with Crippen molar-refractivity contribution in [2.45, 2.75) is 38.1 Å². The van der Waals surface area contributed by atoms with Crippen LogP contribution in [-0.4, -0.2) is 23.3 Å². The fourth-order valence-electron chi connectivity index (χ4n) is 3.74. The first-order chi connectivity index (χ1) is 14.5. The van der Waals surface area contributed by atoms with E-state index in [0.29, 0.717) is 17.4 Å². The molecule has 0 spiro atoms. The molecule has 30 heavy (non-hydrogen) atoms. The molecule has 160 valence electrons. The van der Waals surface area contributed by atoms with Gasteiger partial charge in [0.2, 0.25) is 11.8 Å². The average Bonchev–Trinajstić information content (AvgIpc) is 3.57. The number of carbonyl (C=O) groups is 2. The van der Waals surface area contributed by atoms with Crippen molar-refractivity contribution in [2.24, 2.45) is 17.7 Å². The summed E-state index contributed by atoms with van der Waals surface area (Å²) in [5, 5.41) is 1.49. The number of rotatable bonds is 5. The average molecular weight is 448 g/mol. The van der Waals surface area contributed by atoms with E-state index in [-0.39, 0.29) is 30.2 Å². The van der Waals surface area contributed by atoms with E-state index in [1.165, 1.54) is 12.8 Å². The molecule has 2 aromatic rings. The predicted octanol–water partition coefficient (Wildman–Crippen LogP) is 4.75. The molecule has 2 amide bonds. The van der Waals surface area contributed by atoms with Crippen LogP contribution in [0.4, 0.5) is 0 Å². The minimum atomic E-state index is -0.278. The Kier molecular flexibility index (Phi) is 8.14. The number of nitrogens with one attached hydrogen (secondary N) is 1. The van der Waals surface area contributed by atoms with Crippen LogP contribution in [0.15, 0.2) is 54.6 Å². The van der Waals surface area contributed by atoms with Gasteiger partial charge in [0.1, 0.15) is 0 Å². The maximum Gasteiger partial charge on any atom is 0.234 e. The van der Waals surface area contributed by atoms with Gasteiger partial charge in [-0.1, -0.05) is 53.5 Å². The summed E-state index contributed by atoms with van der Waals surface area (Å²) in [7, 11) is 0. The van der Waals surface area contributed by atoms with Crippen LogP contribution >= 0.6 is 23.2 Å². The predicted molar refractivity (Wildman–Crippen MR) is 120 cm³/mol. The van der Waals surface area contributed by atoms with Gasteiger partial charge in [0.15, 0.2) is 0 Å². The maximum atomic E-state index is 12.9. The van der Waals surface area contributed by atoms with Gasteiger partial charge in [0, 0.05) is 28.9 Å². The van der Waals surface area contributed by atoms with Crippen molar-refractivity contribution in [1.29, 1.82) is 0 Å². The number of hydrogen-bond donors (Lipinski definition) is 2. The lowest BCUT2D eigenvalue weighted by Crippen LogP contribution is -2.46. The number of nitrogens with two attached hydrogens (primary N) is 1. The Morgan fingerprint density at radius 1 is 0.967 bits per heavy atom. The molecule has 3 N–H and O–H groups in total. The van der Waals surface area contributed by atoms with Crippen LogP contribution < -0.4 is 11.3 Å². The van der Waals surface area contributed by atoms with Crippen molar-refractivity contribution >= 4 is 35.0 Å². The second-order valence-corrected chi connectivity index (χ2v) is 8.72. The molecule has 7 heteroatoms. The molecule has 2 aromatic carbocycles. The fraction of sp³-hybridized carbons (Fsp3) is 0.391. The Bertz CT molecular complexity index is 841. The molecule has 0 aromatic heterocycles. The van der Waals surface area contributed by atoms with Crippen molar-refractivity contribution in [3.8, 4) is 0 Å². The number of likely N-dealkylation sites (tertiary alicyclic amines) is 1. The van der Waals surface area contributed by atoms with Crippen LogP contribution in [-0.2, 0) is 9.59 Å². The molecule has 1 heterocycles. The van der Waals surface area contributed by atoms with Gasteiger partial charge in [-0.2, -0.15) is 0 Å². The third kappa shape index (κ3) is 6.46. The van der Waals surface area contributed by atoms with Crippen LogP contribution in [0.3, 0.4) is 0 Å². The fourth-order valence-corrected chi connectivity index (χ4v) is 4.01. The summed E-state index contributed by atoms with van der Waals surface area (Å²) in [4.78, 5) is 26.4. The Labute approximate surface area is 187 Å². The second kappa shape index (κ2) is 10.8. The third-order valence-corrected chi connectivity index (χ3v) is 6.03. The third-order valence-electron chi connectivity index (χ3n) is 5.53. The summed E-state index contributed by atoms with van der Waals surface area (Å²) in [5.41, 5.74) is 3.24. The number of nitrogens with zero attached hydrogens (tertiary/aromatic N) is 1. The minimum absolute atomic E-state index is 0.0756. The van der Waals surface area contributed by atoms with Gasteiger partial charge in [0.25, 0.3) is 0 Å². The molecule has 5 nitrogen and oxygen atoms in total. The summed E-state index contributed by atoms with van der Waals surface area (Å²) in [6.07, 6.45) is 4.11. The highest BCUT2D eigenvalue weighted by Crippen LogP contribution is 2.39. The molecule has 0 radical (unpaired) electrons. The smallest absolute Gasteiger partial charge is 0.234 e. The molecule has 1 saturated carbocycles. The second-order valence-electron chi connectivity index (χ2n) is 7.84. The lowest BCUT2D eigenvalue weighted by atomic mass is 9.86. The van der Waals surface area contributed by atoms with E-state index in [4.69, 9.17) is 29.0 Å². The van der Waals surface area contributed by atoms with E-state index in [1.54, 1.807) is 0 Å². The SMILES string of the molecule is Clc1ccccc1.NNC(=O)CC1CC[C@@H](c2ccc(Cl)cc2)N(CC2CC2)C1=O. The van der Waals surface area contributed by atoms with Gasteiger partial charge < -0.3 is 4.90 Å². The van der Waals surface area contributed by atoms with Gasteiger partial charge in [-0.25, -0.2) is 5.84 Å². The van der Waals surface area contributed by atoms with Gasteiger partial charge in [-0.3, -0.25) is 15.0 Å². The molecule has 2 atom stereocenters. The number of hydrazine groups is 1. The quantitative estimate of drug-likeness (QED) is 0.394. The normalized spacial score (nSPS) is 20.9. The Morgan fingerprint density at radius 2 is 1.60 bits per heavy atom. The lowest BCUT2D eigenvalue weighted by molar-refractivity contribution is -0.145. The maximum absolute atomic E-state index is 12.9. The highest BCUT2D eigenvalue weighted by molar-refractivity contribution is 6.30. The van der Waals surface area contributed by atoms with Crippen molar-refractivity contribution in [3.05, 3.63) is 70.2 Å². The number of piperidine rings is 1. The van der Waals surface area contributed by atoms with Crippen molar-refractivity contribution in [3.63, 3.8) is 0 Å². The summed E-state index contributed by atoms with van der Waals surface area (Å²) < 4.78 is 0. The Hall–Kier alpha value is -2.08. The molecular weight excluding hydrogens is 421 g/mol. The number of amides is 2. The molecule has 1 unspecified atom stereocenters. The van der Waals surface area contributed by atoms with Gasteiger partial charge in [0.05, 0.1) is 6.04 Å². The zero-order valence-corrected chi connectivity index (χ0v) is 18.3. The summed E-state index contributed by atoms with van der Waals surface area (Å²) in [6.45, 7) is 0.785. The molecule has 4 rings (SSSR count). The van der Waals surface area contributed by atoms with E-state index < -0.39 is 0 Å². The van der Waals surface area contributed by atoms with E-state index in [9.17, 15) is 9.59 Å². The molecule has 2 fully saturated rings. The van der Waals surface area contributed by atoms with Crippen LogP contribution in [0.1, 0.15) is 43.7 Å². The molecule has 1 saturated heterocycles. The Morgan fingerprint density at radius 3 is 2.13 bits per heavy atom. The Balaban J connectivity index is 0.000000310. The largest absolute Gasteiger partial charge is 0.335 e. The minimum Gasteiger partial charge on any atom is -0.335 e. The zero-order valence-electron chi connectivity index (χ0n) is 16.8. The van der Waals surface area contributed by atoms with E-state index >= 15 is 0 Å². The number of halogens is 2. The number of benzene rings is 2. The molecule has 2 aliphatic rings. The highest BCUT2D eigenvalue weighted by Gasteiger charge is 2.39. The first-order valence-corrected chi connectivity index (χ1v) is 11.0. The molecule has 1 aliphatic heterocycles. The van der Waals surface area contributed by atoms with Crippen molar-refractivity contribution in [1.82, 2.24) is 10.3 Å². The standard InChI is InChI=1S/C17H22ClN3O2.C6H5Cl/c18-14-6-3-12(4-7-14)15-8-5-13(9-16(22)20-19)17(23)21(15)10-11-1-2-11;7-6-4-2-1-3-5-6/h3-4,6-7,11,13,15H,1-2,5,8-10,19H2,(H,20,22);1-5H/t13?,15-;/m0./s1. The number of carbonyl (C=O) groups excluding carboxylic acids is 2. The first-order valence-electron chi connectivity index (χ1n) is 10.2. The molecular formula is C23H27Cl2N3O2. The number of hydrogen-bond acceptors (Lipinski definition) is 3. The van der Waals surface area contributed by atoms with E-state index in [0.717, 1.165) is 23.6 Å². The van der Waals surface area contributed by atoms with Gasteiger partial charge in [-0.15, -0.1) is 0 Å². The van der Waals surface area contributed by atoms with E-state index in [2.05, 4.69) is 5.43 Å².